The van der Waals surface area contributed by atoms with Crippen LogP contribution in [0.1, 0.15) is 30.1 Å². The van der Waals surface area contributed by atoms with E-state index in [2.05, 4.69) is 25.9 Å². The topological polar surface area (TPSA) is 132 Å². The Kier molecular flexibility index (Phi) is 6.13. The van der Waals surface area contributed by atoms with E-state index >= 15 is 0 Å². The van der Waals surface area contributed by atoms with Crippen LogP contribution in [0.4, 0.5) is 5.95 Å². The minimum atomic E-state index is -4.19. The lowest BCUT2D eigenvalue weighted by Crippen LogP contribution is -2.45. The summed E-state index contributed by atoms with van der Waals surface area (Å²) in [7, 11) is -4.19. The van der Waals surface area contributed by atoms with Crippen LogP contribution < -0.4 is 15.8 Å². The summed E-state index contributed by atoms with van der Waals surface area (Å²) in [6.45, 7) is 1.30. The number of rotatable bonds is 4. The number of benzene rings is 1. The Hall–Kier alpha value is -2.41. The predicted molar refractivity (Wildman–Crippen MR) is 144 cm³/mol. The van der Waals surface area contributed by atoms with E-state index < -0.39 is 10.0 Å². The summed E-state index contributed by atoms with van der Waals surface area (Å²) in [5.41, 5.74) is 9.22. The second kappa shape index (κ2) is 9.11. The smallest absolute Gasteiger partial charge is 0.256 e. The molecule has 4 aromatic rings. The number of fused-ring (bicyclic) bond motifs is 2. The third kappa shape index (κ3) is 4.18. The highest BCUT2D eigenvalue weighted by molar-refractivity contribution is 8.00. The summed E-state index contributed by atoms with van der Waals surface area (Å²) >= 11 is 13.7. The molecule has 0 unspecified atom stereocenters. The Balaban J connectivity index is 1.37. The standard InChI is InChI=1S/C24H23Cl2N7O2S2/c25-15-4-1-5-17(18(15)26)36-19-21-30-9-12-33(21)23(31-22(19)37(28,34)35)32-10-6-24(7-11-32)13-16-14(20(24)27)3-2-8-29-16/h1-5,8-9,12,20H,6-7,10-11,13,27H2,(H2,28,34,35)/t20-/m1/s1. The highest BCUT2D eigenvalue weighted by Crippen LogP contribution is 2.50. The first-order valence-corrected chi connectivity index (χ1v) is 14.8. The van der Waals surface area contributed by atoms with Crippen LogP contribution in [0, 0.1) is 5.41 Å². The van der Waals surface area contributed by atoms with Gasteiger partial charge in [0.2, 0.25) is 5.95 Å². The molecule has 6 rings (SSSR count). The number of hydrogen-bond acceptors (Lipinski definition) is 8. The minimum absolute atomic E-state index is 0.0802. The Morgan fingerprint density at radius 1 is 1.08 bits per heavy atom. The zero-order valence-corrected chi connectivity index (χ0v) is 22.7. The molecule has 1 fully saturated rings. The predicted octanol–water partition coefficient (Wildman–Crippen LogP) is 4.07. The van der Waals surface area contributed by atoms with Gasteiger partial charge in [-0.1, -0.05) is 47.1 Å². The Morgan fingerprint density at radius 3 is 2.59 bits per heavy atom. The van der Waals surface area contributed by atoms with Gasteiger partial charge in [0.25, 0.3) is 10.0 Å². The monoisotopic (exact) mass is 575 g/mol. The molecule has 37 heavy (non-hydrogen) atoms. The third-order valence-electron chi connectivity index (χ3n) is 7.33. The van der Waals surface area contributed by atoms with E-state index in [9.17, 15) is 8.42 Å². The molecule has 1 saturated heterocycles. The maximum atomic E-state index is 12.7. The highest BCUT2D eigenvalue weighted by Gasteiger charge is 2.47. The number of imidazole rings is 1. The Bertz CT molecular complexity index is 1640. The van der Waals surface area contributed by atoms with Gasteiger partial charge < -0.3 is 10.6 Å². The van der Waals surface area contributed by atoms with Gasteiger partial charge in [0.15, 0.2) is 10.7 Å². The van der Waals surface area contributed by atoms with E-state index in [-0.39, 0.29) is 21.4 Å². The lowest BCUT2D eigenvalue weighted by atomic mass is 9.73. The number of anilines is 1. The molecule has 1 atom stereocenters. The molecule has 3 aromatic heterocycles. The van der Waals surface area contributed by atoms with Crippen LogP contribution in [-0.4, -0.2) is 40.9 Å². The molecule has 13 heteroatoms. The number of pyridine rings is 1. The second-order valence-electron chi connectivity index (χ2n) is 9.41. The van der Waals surface area contributed by atoms with Crippen molar-refractivity contribution in [1.29, 1.82) is 0 Å². The van der Waals surface area contributed by atoms with Gasteiger partial charge in [0, 0.05) is 48.3 Å². The molecular weight excluding hydrogens is 553 g/mol. The van der Waals surface area contributed by atoms with E-state index in [0.29, 0.717) is 39.6 Å². The van der Waals surface area contributed by atoms with Crippen LogP contribution in [0.25, 0.3) is 5.65 Å². The third-order valence-corrected chi connectivity index (χ3v) is 10.4. The summed E-state index contributed by atoms with van der Waals surface area (Å²) in [5.74, 6) is 0.468. The van der Waals surface area contributed by atoms with Crippen molar-refractivity contribution < 1.29 is 8.42 Å². The quantitative estimate of drug-likeness (QED) is 0.348. The van der Waals surface area contributed by atoms with Gasteiger partial charge >= 0.3 is 0 Å². The van der Waals surface area contributed by atoms with Gasteiger partial charge in [-0.2, -0.15) is 4.98 Å². The number of hydrogen-bond donors (Lipinski definition) is 2. The fourth-order valence-corrected chi connectivity index (χ4v) is 7.84. The zero-order chi connectivity index (χ0) is 25.9. The summed E-state index contributed by atoms with van der Waals surface area (Å²) in [6.07, 6.45) is 7.66. The molecule has 1 aliphatic carbocycles. The van der Waals surface area contributed by atoms with Gasteiger partial charge in [-0.25, -0.2) is 18.5 Å². The molecule has 1 aromatic carbocycles. The fraction of sp³-hybridized carbons (Fsp3) is 0.292. The molecular formula is C24H23Cl2N7O2S2. The zero-order valence-electron chi connectivity index (χ0n) is 19.5. The van der Waals surface area contributed by atoms with Gasteiger partial charge in [0.1, 0.15) is 0 Å². The molecule has 0 saturated carbocycles. The average molecular weight is 577 g/mol. The van der Waals surface area contributed by atoms with Crippen molar-refractivity contribution in [2.24, 2.45) is 16.3 Å². The van der Waals surface area contributed by atoms with E-state index in [0.717, 1.165) is 42.3 Å². The lowest BCUT2D eigenvalue weighted by Gasteiger charge is -2.42. The molecule has 4 heterocycles. The molecule has 0 amide bonds. The maximum absolute atomic E-state index is 12.7. The van der Waals surface area contributed by atoms with Crippen molar-refractivity contribution in [2.75, 3.05) is 18.0 Å². The molecule has 9 nitrogen and oxygen atoms in total. The van der Waals surface area contributed by atoms with Crippen molar-refractivity contribution >= 4 is 56.6 Å². The summed E-state index contributed by atoms with van der Waals surface area (Å²) in [5, 5.41) is 6.08. The highest BCUT2D eigenvalue weighted by atomic mass is 35.5. The normalized spacial score (nSPS) is 19.0. The summed E-state index contributed by atoms with van der Waals surface area (Å²) in [6, 6.07) is 9.06. The first-order valence-electron chi connectivity index (χ1n) is 11.6. The fourth-order valence-electron chi connectivity index (χ4n) is 5.40. The van der Waals surface area contributed by atoms with Crippen LogP contribution in [0.3, 0.4) is 0 Å². The van der Waals surface area contributed by atoms with Crippen molar-refractivity contribution in [3.8, 4) is 0 Å². The van der Waals surface area contributed by atoms with E-state index in [4.69, 9.17) is 34.1 Å². The molecule has 0 bridgehead atoms. The summed E-state index contributed by atoms with van der Waals surface area (Å²) in [4.78, 5) is 16.5. The van der Waals surface area contributed by atoms with Crippen LogP contribution in [0.2, 0.25) is 10.0 Å². The minimum Gasteiger partial charge on any atom is -0.342 e. The van der Waals surface area contributed by atoms with E-state index in [1.54, 1.807) is 35.0 Å². The molecule has 1 spiro atoms. The number of halogens is 2. The largest absolute Gasteiger partial charge is 0.342 e. The van der Waals surface area contributed by atoms with Crippen LogP contribution in [-0.2, 0) is 16.4 Å². The number of sulfonamides is 1. The summed E-state index contributed by atoms with van der Waals surface area (Å²) < 4.78 is 27.3. The van der Waals surface area contributed by atoms with Crippen LogP contribution in [0.15, 0.2) is 63.7 Å². The van der Waals surface area contributed by atoms with Crippen LogP contribution in [0.5, 0.6) is 0 Å². The maximum Gasteiger partial charge on any atom is 0.256 e. The Labute approximate surface area is 228 Å². The second-order valence-corrected chi connectivity index (χ2v) is 12.7. The van der Waals surface area contributed by atoms with Crippen molar-refractivity contribution in [2.45, 2.75) is 40.1 Å². The molecule has 4 N–H and O–H groups in total. The van der Waals surface area contributed by atoms with E-state index in [1.165, 1.54) is 0 Å². The number of nitrogens with two attached hydrogens (primary N) is 2. The SMILES string of the molecule is N[C@@H]1c2cccnc2CC12CCN(c1nc(S(N)(=O)=O)c(Sc3cccc(Cl)c3Cl)c3nccn13)CC2. The van der Waals surface area contributed by atoms with Gasteiger partial charge in [0.05, 0.1) is 14.9 Å². The van der Waals surface area contributed by atoms with Crippen molar-refractivity contribution in [3.63, 3.8) is 0 Å². The van der Waals surface area contributed by atoms with Crippen molar-refractivity contribution in [1.82, 2.24) is 19.4 Å². The van der Waals surface area contributed by atoms with Gasteiger partial charge in [-0.15, -0.1) is 0 Å². The number of primary sulfonamides is 1. The van der Waals surface area contributed by atoms with Crippen molar-refractivity contribution in [3.05, 3.63) is 70.2 Å². The molecule has 192 valence electrons. The lowest BCUT2D eigenvalue weighted by molar-refractivity contribution is 0.186. The first-order chi connectivity index (χ1) is 17.7. The Morgan fingerprint density at radius 2 is 1.86 bits per heavy atom. The van der Waals surface area contributed by atoms with Gasteiger partial charge in [-0.3, -0.25) is 9.38 Å². The molecule has 2 aliphatic rings. The number of aromatic nitrogens is 4. The number of nitrogens with zero attached hydrogens (tertiary/aromatic N) is 5. The van der Waals surface area contributed by atoms with E-state index in [1.807, 2.05) is 12.3 Å². The van der Waals surface area contributed by atoms with Crippen LogP contribution >= 0.6 is 35.0 Å². The van der Waals surface area contributed by atoms with Gasteiger partial charge in [-0.05, 0) is 48.4 Å². The number of piperidine rings is 1. The molecule has 0 radical (unpaired) electrons. The first kappa shape index (κ1) is 24.9. The molecule has 1 aliphatic heterocycles. The average Bonchev–Trinajstić information content (AvgIpc) is 3.46.